The van der Waals surface area contributed by atoms with Gasteiger partial charge in [0.25, 0.3) is 5.91 Å². The number of rotatable bonds is 5. The highest BCUT2D eigenvalue weighted by atomic mass is 16.5. The van der Waals surface area contributed by atoms with Crippen molar-refractivity contribution in [2.24, 2.45) is 0 Å². The minimum absolute atomic E-state index is 0.0565. The molecule has 0 fully saturated rings. The summed E-state index contributed by atoms with van der Waals surface area (Å²) in [6, 6.07) is 6.35. The Hall–Kier alpha value is -2.04. The van der Waals surface area contributed by atoms with Gasteiger partial charge in [-0.15, -0.1) is 0 Å². The lowest BCUT2D eigenvalue weighted by atomic mass is 10.1. The summed E-state index contributed by atoms with van der Waals surface area (Å²) in [5.74, 6) is -0.711. The normalized spacial score (nSPS) is 9.89. The van der Waals surface area contributed by atoms with E-state index in [1.165, 1.54) is 18.1 Å². The number of aromatic hydroxyl groups is 1. The molecule has 0 aliphatic rings. The van der Waals surface area contributed by atoms with Crippen molar-refractivity contribution in [2.75, 3.05) is 20.2 Å². The lowest BCUT2D eigenvalue weighted by Crippen LogP contribution is -2.33. The van der Waals surface area contributed by atoms with E-state index >= 15 is 0 Å². The molecule has 0 saturated heterocycles. The maximum Gasteiger partial charge on any atom is 0.307 e. The van der Waals surface area contributed by atoms with Crippen LogP contribution < -0.4 is 0 Å². The van der Waals surface area contributed by atoms with Gasteiger partial charge in [-0.3, -0.25) is 9.59 Å². The Balaban J connectivity index is 2.74. The molecule has 0 spiro atoms. The van der Waals surface area contributed by atoms with Crippen LogP contribution in [0, 0.1) is 0 Å². The maximum absolute atomic E-state index is 12.1. The van der Waals surface area contributed by atoms with E-state index in [9.17, 15) is 14.7 Å². The van der Waals surface area contributed by atoms with Gasteiger partial charge < -0.3 is 14.7 Å². The van der Waals surface area contributed by atoms with E-state index in [0.717, 1.165) is 0 Å². The Bertz CT molecular complexity index is 431. The number of phenols is 1. The standard InChI is InChI=1S/C13H17NO4/c1-3-14(9-8-12(16)18-2)13(17)10-6-4-5-7-11(10)15/h4-7,15H,3,8-9H2,1-2H3. The summed E-state index contributed by atoms with van der Waals surface area (Å²) in [4.78, 5) is 24.7. The van der Waals surface area contributed by atoms with Gasteiger partial charge in [0.2, 0.25) is 0 Å². The quantitative estimate of drug-likeness (QED) is 0.804. The molecule has 98 valence electrons. The fourth-order valence-corrected chi connectivity index (χ4v) is 1.56. The van der Waals surface area contributed by atoms with Crippen LogP contribution in [-0.2, 0) is 9.53 Å². The number of nitrogens with zero attached hydrogens (tertiary/aromatic N) is 1. The van der Waals surface area contributed by atoms with Gasteiger partial charge in [-0.2, -0.15) is 0 Å². The summed E-state index contributed by atoms with van der Waals surface area (Å²) >= 11 is 0. The molecule has 0 unspecified atom stereocenters. The molecular formula is C13H17NO4. The van der Waals surface area contributed by atoms with Crippen LogP contribution >= 0.6 is 0 Å². The predicted molar refractivity (Wildman–Crippen MR) is 66.3 cm³/mol. The summed E-state index contributed by atoms with van der Waals surface area (Å²) in [6.07, 6.45) is 0.143. The molecule has 1 N–H and O–H groups in total. The highest BCUT2D eigenvalue weighted by molar-refractivity contribution is 5.96. The summed E-state index contributed by atoms with van der Waals surface area (Å²) in [6.45, 7) is 2.55. The number of benzene rings is 1. The Morgan fingerprint density at radius 1 is 1.33 bits per heavy atom. The number of hydrogen-bond acceptors (Lipinski definition) is 4. The van der Waals surface area contributed by atoms with Crippen molar-refractivity contribution in [3.05, 3.63) is 29.8 Å². The second-order valence-corrected chi connectivity index (χ2v) is 3.73. The lowest BCUT2D eigenvalue weighted by molar-refractivity contribution is -0.140. The average Bonchev–Trinajstić information content (AvgIpc) is 2.39. The monoisotopic (exact) mass is 251 g/mol. The fraction of sp³-hybridized carbons (Fsp3) is 0.385. The zero-order chi connectivity index (χ0) is 13.5. The van der Waals surface area contributed by atoms with Gasteiger partial charge in [-0.1, -0.05) is 12.1 Å². The highest BCUT2D eigenvalue weighted by Crippen LogP contribution is 2.17. The predicted octanol–water partition coefficient (Wildman–Crippen LogP) is 1.42. The SMILES string of the molecule is CCN(CCC(=O)OC)C(=O)c1ccccc1O. The van der Waals surface area contributed by atoms with Gasteiger partial charge >= 0.3 is 5.97 Å². The first-order valence-corrected chi connectivity index (χ1v) is 5.74. The summed E-state index contributed by atoms with van der Waals surface area (Å²) < 4.78 is 4.53. The summed E-state index contributed by atoms with van der Waals surface area (Å²) in [5, 5.41) is 9.61. The van der Waals surface area contributed by atoms with E-state index in [1.54, 1.807) is 18.2 Å². The van der Waals surface area contributed by atoms with Crippen LogP contribution in [0.1, 0.15) is 23.7 Å². The van der Waals surface area contributed by atoms with Crippen molar-refractivity contribution >= 4 is 11.9 Å². The van der Waals surface area contributed by atoms with Gasteiger partial charge in [-0.25, -0.2) is 0 Å². The van der Waals surface area contributed by atoms with Crippen LogP contribution in [0.2, 0.25) is 0 Å². The lowest BCUT2D eigenvalue weighted by Gasteiger charge is -2.20. The number of methoxy groups -OCH3 is 1. The Kier molecular flexibility index (Phi) is 5.17. The van der Waals surface area contributed by atoms with E-state index in [2.05, 4.69) is 4.74 Å². The fourth-order valence-electron chi connectivity index (χ4n) is 1.56. The number of carbonyl (C=O) groups is 2. The first-order chi connectivity index (χ1) is 8.60. The van der Waals surface area contributed by atoms with Gasteiger partial charge in [0.1, 0.15) is 5.75 Å². The van der Waals surface area contributed by atoms with Gasteiger partial charge in [0, 0.05) is 13.1 Å². The minimum atomic E-state index is -0.362. The first kappa shape index (κ1) is 14.0. The molecule has 1 amide bonds. The number of ether oxygens (including phenoxy) is 1. The van der Waals surface area contributed by atoms with E-state index < -0.39 is 0 Å². The molecule has 5 nitrogen and oxygen atoms in total. The van der Waals surface area contributed by atoms with Crippen LogP contribution in [-0.4, -0.2) is 42.1 Å². The van der Waals surface area contributed by atoms with Crippen LogP contribution in [0.4, 0.5) is 0 Å². The molecule has 1 aromatic carbocycles. The Morgan fingerprint density at radius 2 is 2.00 bits per heavy atom. The molecule has 18 heavy (non-hydrogen) atoms. The van der Waals surface area contributed by atoms with Crippen LogP contribution in [0.25, 0.3) is 0 Å². The van der Waals surface area contributed by atoms with Crippen molar-refractivity contribution < 1.29 is 19.4 Å². The second kappa shape index (κ2) is 6.64. The third kappa shape index (κ3) is 3.48. The Labute approximate surface area is 106 Å². The molecule has 0 aromatic heterocycles. The molecule has 0 heterocycles. The molecular weight excluding hydrogens is 234 g/mol. The number of hydrogen-bond donors (Lipinski definition) is 1. The number of phenolic OH excluding ortho intramolecular Hbond substituents is 1. The first-order valence-electron chi connectivity index (χ1n) is 5.74. The van der Waals surface area contributed by atoms with E-state index in [0.29, 0.717) is 6.54 Å². The van der Waals surface area contributed by atoms with Crippen molar-refractivity contribution in [1.29, 1.82) is 0 Å². The van der Waals surface area contributed by atoms with Crippen molar-refractivity contribution in [3.63, 3.8) is 0 Å². The van der Waals surface area contributed by atoms with Crippen LogP contribution in [0.15, 0.2) is 24.3 Å². The van der Waals surface area contributed by atoms with E-state index in [1.807, 2.05) is 6.92 Å². The summed E-state index contributed by atoms with van der Waals surface area (Å²) in [5.41, 5.74) is 0.240. The number of esters is 1. The summed E-state index contributed by atoms with van der Waals surface area (Å²) in [7, 11) is 1.31. The molecule has 1 aromatic rings. The molecule has 0 saturated carbocycles. The maximum atomic E-state index is 12.1. The third-order valence-corrected chi connectivity index (χ3v) is 2.62. The number of amides is 1. The van der Waals surface area contributed by atoms with Crippen molar-refractivity contribution in [2.45, 2.75) is 13.3 Å². The highest BCUT2D eigenvalue weighted by Gasteiger charge is 2.18. The minimum Gasteiger partial charge on any atom is -0.507 e. The molecule has 0 bridgehead atoms. The molecule has 0 aliphatic carbocycles. The van der Waals surface area contributed by atoms with Gasteiger partial charge in [0.15, 0.2) is 0 Å². The van der Waals surface area contributed by atoms with Gasteiger partial charge in [0.05, 0.1) is 19.1 Å². The Morgan fingerprint density at radius 3 is 2.56 bits per heavy atom. The van der Waals surface area contributed by atoms with Crippen LogP contribution in [0.3, 0.4) is 0 Å². The third-order valence-electron chi connectivity index (χ3n) is 2.62. The largest absolute Gasteiger partial charge is 0.507 e. The van der Waals surface area contributed by atoms with E-state index in [-0.39, 0.29) is 36.2 Å². The molecule has 0 radical (unpaired) electrons. The second-order valence-electron chi connectivity index (χ2n) is 3.73. The number of carbonyl (C=O) groups excluding carboxylic acids is 2. The van der Waals surface area contributed by atoms with Crippen molar-refractivity contribution in [3.8, 4) is 5.75 Å². The smallest absolute Gasteiger partial charge is 0.307 e. The molecule has 0 atom stereocenters. The molecule has 1 rings (SSSR count). The zero-order valence-electron chi connectivity index (χ0n) is 10.5. The van der Waals surface area contributed by atoms with E-state index in [4.69, 9.17) is 0 Å². The topological polar surface area (TPSA) is 66.8 Å². The molecule has 0 aliphatic heterocycles. The van der Waals surface area contributed by atoms with Crippen molar-refractivity contribution in [1.82, 2.24) is 4.90 Å². The molecule has 5 heteroatoms. The van der Waals surface area contributed by atoms with Gasteiger partial charge in [-0.05, 0) is 19.1 Å². The number of para-hydroxylation sites is 1. The average molecular weight is 251 g/mol. The van der Waals surface area contributed by atoms with Crippen LogP contribution in [0.5, 0.6) is 5.75 Å². The zero-order valence-corrected chi connectivity index (χ0v) is 10.5.